The van der Waals surface area contributed by atoms with E-state index in [2.05, 4.69) is 10.3 Å². The minimum atomic E-state index is -0.239. The molecule has 0 bridgehead atoms. The molecule has 2 rings (SSSR count). The maximum Gasteiger partial charge on any atom is 0.258 e. The minimum Gasteiger partial charge on any atom is -0.484 e. The van der Waals surface area contributed by atoms with Crippen LogP contribution in [0.1, 0.15) is 13.3 Å². The maximum absolute atomic E-state index is 11.6. The van der Waals surface area contributed by atoms with E-state index in [-0.39, 0.29) is 25.2 Å². The van der Waals surface area contributed by atoms with Gasteiger partial charge in [0.1, 0.15) is 5.75 Å². The van der Waals surface area contributed by atoms with Gasteiger partial charge >= 0.3 is 0 Å². The summed E-state index contributed by atoms with van der Waals surface area (Å²) >= 11 is 0. The second-order valence-corrected chi connectivity index (χ2v) is 4.50. The van der Waals surface area contributed by atoms with Crippen LogP contribution in [-0.2, 0) is 4.79 Å². The summed E-state index contributed by atoms with van der Waals surface area (Å²) in [5.74, 6) is 0.384. The van der Waals surface area contributed by atoms with E-state index < -0.39 is 0 Å². The molecule has 2 N–H and O–H groups in total. The van der Waals surface area contributed by atoms with Crippen LogP contribution >= 0.6 is 0 Å². The molecule has 5 nitrogen and oxygen atoms in total. The number of nitrogens with zero attached hydrogens (tertiary/aromatic N) is 1. The van der Waals surface area contributed by atoms with Crippen molar-refractivity contribution >= 4 is 16.8 Å². The Balaban J connectivity index is 1.93. The van der Waals surface area contributed by atoms with E-state index in [0.717, 1.165) is 10.9 Å². The number of aliphatic hydroxyl groups is 1. The lowest BCUT2D eigenvalue weighted by atomic mass is 10.2. The van der Waals surface area contributed by atoms with Crippen LogP contribution in [0.2, 0.25) is 0 Å². The number of nitrogens with one attached hydrogen (secondary N) is 1. The van der Waals surface area contributed by atoms with E-state index in [0.29, 0.717) is 12.2 Å². The molecule has 2 aromatic rings. The highest BCUT2D eigenvalue weighted by molar-refractivity contribution is 5.80. The molecule has 106 valence electrons. The summed E-state index contributed by atoms with van der Waals surface area (Å²) < 4.78 is 5.44. The number of ether oxygens (including phenoxy) is 1. The molecule has 0 saturated carbocycles. The highest BCUT2D eigenvalue weighted by Gasteiger charge is 2.09. The standard InChI is InChI=1S/C15H18N2O3/c1-2-12(9-18)17-15(19)10-20-13-5-6-14-11(8-13)4-3-7-16-14/h3-8,12,18H,2,9-10H2,1H3,(H,17,19). The van der Waals surface area contributed by atoms with Gasteiger partial charge in [0.25, 0.3) is 5.91 Å². The molecule has 0 spiro atoms. The zero-order valence-electron chi connectivity index (χ0n) is 11.4. The molecule has 1 aromatic carbocycles. The lowest BCUT2D eigenvalue weighted by molar-refractivity contribution is -0.124. The van der Waals surface area contributed by atoms with Crippen molar-refractivity contribution in [1.29, 1.82) is 0 Å². The topological polar surface area (TPSA) is 71.5 Å². The van der Waals surface area contributed by atoms with Gasteiger partial charge in [0.15, 0.2) is 6.61 Å². The van der Waals surface area contributed by atoms with Crippen LogP contribution in [0.4, 0.5) is 0 Å². The third kappa shape index (κ3) is 3.68. The van der Waals surface area contributed by atoms with E-state index in [1.807, 2.05) is 31.2 Å². The fourth-order valence-electron chi connectivity index (χ4n) is 1.84. The number of carbonyl (C=O) groups excluding carboxylic acids is 1. The molecule has 0 saturated heterocycles. The van der Waals surface area contributed by atoms with E-state index in [4.69, 9.17) is 9.84 Å². The molecule has 0 aliphatic rings. The first-order chi connectivity index (χ1) is 9.72. The molecule has 1 unspecified atom stereocenters. The van der Waals surface area contributed by atoms with Crippen LogP contribution in [0.5, 0.6) is 5.75 Å². The fourth-order valence-corrected chi connectivity index (χ4v) is 1.84. The van der Waals surface area contributed by atoms with Gasteiger partial charge in [-0.3, -0.25) is 9.78 Å². The summed E-state index contributed by atoms with van der Waals surface area (Å²) in [5.41, 5.74) is 0.885. The second-order valence-electron chi connectivity index (χ2n) is 4.50. The number of hydrogen-bond acceptors (Lipinski definition) is 4. The molecule has 0 aliphatic heterocycles. The zero-order valence-corrected chi connectivity index (χ0v) is 11.4. The summed E-state index contributed by atoms with van der Waals surface area (Å²) in [6.45, 7) is 1.77. The monoisotopic (exact) mass is 274 g/mol. The van der Waals surface area contributed by atoms with E-state index in [1.165, 1.54) is 0 Å². The largest absolute Gasteiger partial charge is 0.484 e. The summed E-state index contributed by atoms with van der Waals surface area (Å²) in [6, 6.07) is 9.06. The highest BCUT2D eigenvalue weighted by Crippen LogP contribution is 2.18. The van der Waals surface area contributed by atoms with Crippen LogP contribution in [-0.4, -0.2) is 35.3 Å². The fraction of sp³-hybridized carbons (Fsp3) is 0.333. The summed E-state index contributed by atoms with van der Waals surface area (Å²) in [6.07, 6.45) is 2.42. The van der Waals surface area contributed by atoms with Crippen molar-refractivity contribution in [1.82, 2.24) is 10.3 Å². The Kier molecular flexibility index (Phi) is 4.90. The van der Waals surface area contributed by atoms with Crippen molar-refractivity contribution in [2.24, 2.45) is 0 Å². The van der Waals surface area contributed by atoms with Crippen LogP contribution in [0.25, 0.3) is 10.9 Å². The molecule has 0 fully saturated rings. The molecule has 20 heavy (non-hydrogen) atoms. The quantitative estimate of drug-likeness (QED) is 0.837. The number of hydrogen-bond donors (Lipinski definition) is 2. The zero-order chi connectivity index (χ0) is 14.4. The molecule has 0 radical (unpaired) electrons. The third-order valence-electron chi connectivity index (χ3n) is 3.02. The third-order valence-corrected chi connectivity index (χ3v) is 3.02. The van der Waals surface area contributed by atoms with Gasteiger partial charge in [-0.25, -0.2) is 0 Å². The normalized spacial score (nSPS) is 12.1. The first kappa shape index (κ1) is 14.3. The van der Waals surface area contributed by atoms with Gasteiger partial charge in [0.05, 0.1) is 18.2 Å². The SMILES string of the molecule is CCC(CO)NC(=O)COc1ccc2ncccc2c1. The van der Waals surface area contributed by atoms with Crippen molar-refractivity contribution < 1.29 is 14.6 Å². The van der Waals surface area contributed by atoms with Gasteiger partial charge in [-0.1, -0.05) is 13.0 Å². The Bertz CT molecular complexity index is 582. The van der Waals surface area contributed by atoms with Crippen molar-refractivity contribution in [3.63, 3.8) is 0 Å². The predicted molar refractivity (Wildman–Crippen MR) is 76.5 cm³/mol. The van der Waals surface area contributed by atoms with E-state index in [1.54, 1.807) is 12.3 Å². The number of fused-ring (bicyclic) bond motifs is 1. The molecule has 0 aliphatic carbocycles. The van der Waals surface area contributed by atoms with Crippen molar-refractivity contribution in [2.45, 2.75) is 19.4 Å². The number of carbonyl (C=O) groups is 1. The number of benzene rings is 1. The van der Waals surface area contributed by atoms with Gasteiger partial charge in [0.2, 0.25) is 0 Å². The molecular weight excluding hydrogens is 256 g/mol. The molecule has 1 atom stereocenters. The number of amides is 1. The first-order valence-corrected chi connectivity index (χ1v) is 6.60. The first-order valence-electron chi connectivity index (χ1n) is 6.60. The summed E-state index contributed by atoms with van der Waals surface area (Å²) in [7, 11) is 0. The second kappa shape index (κ2) is 6.86. The van der Waals surface area contributed by atoms with Crippen molar-refractivity contribution in [3.05, 3.63) is 36.5 Å². The minimum absolute atomic E-state index is 0.0656. The Labute approximate surface area is 117 Å². The van der Waals surface area contributed by atoms with Crippen molar-refractivity contribution in [2.75, 3.05) is 13.2 Å². The van der Waals surface area contributed by atoms with Gasteiger partial charge in [-0.05, 0) is 30.7 Å². The summed E-state index contributed by atoms with van der Waals surface area (Å²) in [5, 5.41) is 12.7. The van der Waals surface area contributed by atoms with Gasteiger partial charge in [-0.15, -0.1) is 0 Å². The van der Waals surface area contributed by atoms with Crippen LogP contribution < -0.4 is 10.1 Å². The maximum atomic E-state index is 11.6. The van der Waals surface area contributed by atoms with Gasteiger partial charge in [0, 0.05) is 11.6 Å². The molecule has 1 amide bonds. The Morgan fingerprint density at radius 1 is 1.45 bits per heavy atom. The lowest BCUT2D eigenvalue weighted by Gasteiger charge is -2.14. The Hall–Kier alpha value is -2.14. The Morgan fingerprint density at radius 3 is 3.05 bits per heavy atom. The van der Waals surface area contributed by atoms with Crippen LogP contribution in [0.3, 0.4) is 0 Å². The average Bonchev–Trinajstić information content (AvgIpc) is 2.50. The summed E-state index contributed by atoms with van der Waals surface area (Å²) in [4.78, 5) is 15.9. The number of aromatic nitrogens is 1. The number of pyridine rings is 1. The number of rotatable bonds is 6. The molecule has 1 aromatic heterocycles. The van der Waals surface area contributed by atoms with Gasteiger partial charge < -0.3 is 15.2 Å². The number of aliphatic hydroxyl groups excluding tert-OH is 1. The molecular formula is C15H18N2O3. The molecule has 1 heterocycles. The highest BCUT2D eigenvalue weighted by atomic mass is 16.5. The Morgan fingerprint density at radius 2 is 2.30 bits per heavy atom. The van der Waals surface area contributed by atoms with E-state index in [9.17, 15) is 4.79 Å². The van der Waals surface area contributed by atoms with Crippen molar-refractivity contribution in [3.8, 4) is 5.75 Å². The predicted octanol–water partition coefficient (Wildman–Crippen LogP) is 1.50. The smallest absolute Gasteiger partial charge is 0.258 e. The lowest BCUT2D eigenvalue weighted by Crippen LogP contribution is -2.39. The van der Waals surface area contributed by atoms with Gasteiger partial charge in [-0.2, -0.15) is 0 Å². The van der Waals surface area contributed by atoms with Crippen LogP contribution in [0.15, 0.2) is 36.5 Å². The average molecular weight is 274 g/mol. The van der Waals surface area contributed by atoms with Crippen LogP contribution in [0, 0.1) is 0 Å². The van der Waals surface area contributed by atoms with E-state index >= 15 is 0 Å². The molecule has 5 heteroatoms.